The first-order chi connectivity index (χ1) is 10.1. The molecule has 0 saturated carbocycles. The highest BCUT2D eigenvalue weighted by atomic mass is 19.1. The molecule has 1 unspecified atom stereocenters. The van der Waals surface area contributed by atoms with Crippen LogP contribution in [-0.2, 0) is 6.42 Å². The Labute approximate surface area is 121 Å². The van der Waals surface area contributed by atoms with Gasteiger partial charge in [0.2, 0.25) is 0 Å². The summed E-state index contributed by atoms with van der Waals surface area (Å²) in [6.45, 7) is 0.250. The van der Waals surface area contributed by atoms with Crippen molar-refractivity contribution in [2.24, 2.45) is 0 Å². The first-order valence-electron chi connectivity index (χ1n) is 6.66. The van der Waals surface area contributed by atoms with Crippen LogP contribution in [0.5, 0.6) is 11.5 Å². The smallest absolute Gasteiger partial charge is 0.490 e. The highest BCUT2D eigenvalue weighted by Gasteiger charge is 2.25. The molecule has 1 aliphatic heterocycles. The van der Waals surface area contributed by atoms with Gasteiger partial charge in [0.25, 0.3) is 0 Å². The molecule has 21 heavy (non-hydrogen) atoms. The largest absolute Gasteiger partial charge is 0.492 e. The zero-order chi connectivity index (χ0) is 14.8. The molecule has 1 aliphatic rings. The zero-order valence-corrected chi connectivity index (χ0v) is 11.2. The Hall–Kier alpha value is -2.05. The van der Waals surface area contributed by atoms with Gasteiger partial charge in [-0.2, -0.15) is 0 Å². The van der Waals surface area contributed by atoms with Crippen LogP contribution in [0.15, 0.2) is 42.5 Å². The van der Waals surface area contributed by atoms with E-state index in [0.29, 0.717) is 23.4 Å². The lowest BCUT2D eigenvalue weighted by Gasteiger charge is -2.14. The number of ether oxygens (including phenoxy) is 2. The van der Waals surface area contributed by atoms with Gasteiger partial charge in [-0.1, -0.05) is 18.2 Å². The Morgan fingerprint density at radius 3 is 2.86 bits per heavy atom. The van der Waals surface area contributed by atoms with E-state index in [-0.39, 0.29) is 18.5 Å². The number of para-hydroxylation sites is 1. The van der Waals surface area contributed by atoms with Crippen molar-refractivity contribution >= 4 is 12.6 Å². The van der Waals surface area contributed by atoms with Gasteiger partial charge in [0.05, 0.1) is 0 Å². The topological polar surface area (TPSA) is 58.9 Å². The summed E-state index contributed by atoms with van der Waals surface area (Å²) in [4.78, 5) is 0. The fourth-order valence-corrected chi connectivity index (χ4v) is 2.39. The highest BCUT2D eigenvalue weighted by molar-refractivity contribution is 6.59. The van der Waals surface area contributed by atoms with Gasteiger partial charge in [0.15, 0.2) is 0 Å². The summed E-state index contributed by atoms with van der Waals surface area (Å²) in [5.41, 5.74) is 1.12. The van der Waals surface area contributed by atoms with Gasteiger partial charge in [-0.05, 0) is 24.3 Å². The van der Waals surface area contributed by atoms with E-state index in [1.807, 2.05) is 0 Å². The molecular weight excluding hydrogens is 274 g/mol. The van der Waals surface area contributed by atoms with Crippen molar-refractivity contribution in [2.45, 2.75) is 12.5 Å². The van der Waals surface area contributed by atoms with Crippen LogP contribution in [0.1, 0.15) is 5.56 Å². The van der Waals surface area contributed by atoms with Crippen LogP contribution in [0.4, 0.5) is 4.39 Å². The number of benzene rings is 2. The Kier molecular flexibility index (Phi) is 3.81. The Morgan fingerprint density at radius 2 is 2.05 bits per heavy atom. The van der Waals surface area contributed by atoms with E-state index in [2.05, 4.69) is 0 Å². The van der Waals surface area contributed by atoms with Crippen molar-refractivity contribution in [3.63, 3.8) is 0 Å². The molecular formula is C15H14BFO4. The summed E-state index contributed by atoms with van der Waals surface area (Å²) in [5.74, 6) is 0.784. The predicted octanol–water partition coefficient (Wildman–Crippen LogP) is 0.888. The molecule has 0 amide bonds. The molecule has 2 aromatic rings. The lowest BCUT2D eigenvalue weighted by atomic mass is 9.79. The molecule has 1 heterocycles. The standard InChI is InChI=1S/C15H14BFO4/c17-11-5-6-14-10(7-11)8-12(21-14)9-20-15-4-2-1-3-13(15)16(18)19/h1-7,12,18-19H,8-9H2. The molecule has 0 aromatic heterocycles. The predicted molar refractivity (Wildman–Crippen MR) is 76.3 cm³/mol. The minimum absolute atomic E-state index is 0.217. The Morgan fingerprint density at radius 1 is 1.24 bits per heavy atom. The molecule has 4 nitrogen and oxygen atoms in total. The van der Waals surface area contributed by atoms with Crippen LogP contribution in [0.2, 0.25) is 0 Å². The molecule has 0 spiro atoms. The van der Waals surface area contributed by atoms with Crippen molar-refractivity contribution < 1.29 is 23.9 Å². The maximum Gasteiger partial charge on any atom is 0.492 e. The summed E-state index contributed by atoms with van der Waals surface area (Å²) in [5, 5.41) is 18.5. The van der Waals surface area contributed by atoms with E-state index in [9.17, 15) is 14.4 Å². The van der Waals surface area contributed by atoms with Crippen molar-refractivity contribution in [1.29, 1.82) is 0 Å². The van der Waals surface area contributed by atoms with E-state index >= 15 is 0 Å². The minimum Gasteiger partial charge on any atom is -0.490 e. The maximum absolute atomic E-state index is 13.1. The summed E-state index contributed by atoms with van der Waals surface area (Å²) < 4.78 is 24.4. The van der Waals surface area contributed by atoms with Crippen molar-refractivity contribution in [3.8, 4) is 11.5 Å². The third-order valence-corrected chi connectivity index (χ3v) is 3.39. The summed E-state index contributed by atoms with van der Waals surface area (Å²) in [6.07, 6.45) is 0.349. The van der Waals surface area contributed by atoms with Crippen LogP contribution in [0.25, 0.3) is 0 Å². The number of hydrogen-bond donors (Lipinski definition) is 2. The van der Waals surface area contributed by atoms with Crippen LogP contribution in [0.3, 0.4) is 0 Å². The molecule has 108 valence electrons. The van der Waals surface area contributed by atoms with Gasteiger partial charge < -0.3 is 19.5 Å². The number of rotatable bonds is 4. The van der Waals surface area contributed by atoms with E-state index in [0.717, 1.165) is 5.56 Å². The van der Waals surface area contributed by atoms with Gasteiger partial charge in [-0.15, -0.1) is 0 Å². The number of halogens is 1. The van der Waals surface area contributed by atoms with Crippen LogP contribution >= 0.6 is 0 Å². The second kappa shape index (κ2) is 5.75. The summed E-state index contributed by atoms with van der Waals surface area (Å²) >= 11 is 0. The maximum atomic E-state index is 13.1. The van der Waals surface area contributed by atoms with Crippen LogP contribution < -0.4 is 14.9 Å². The van der Waals surface area contributed by atoms with Gasteiger partial charge in [0, 0.05) is 17.4 Å². The average molecular weight is 288 g/mol. The molecule has 0 radical (unpaired) electrons. The quantitative estimate of drug-likeness (QED) is 0.820. The Bertz CT molecular complexity index is 647. The van der Waals surface area contributed by atoms with E-state index in [1.54, 1.807) is 30.3 Å². The number of hydrogen-bond acceptors (Lipinski definition) is 4. The highest BCUT2D eigenvalue weighted by Crippen LogP contribution is 2.29. The summed E-state index contributed by atoms with van der Waals surface area (Å²) in [6, 6.07) is 11.1. The second-order valence-electron chi connectivity index (χ2n) is 4.92. The van der Waals surface area contributed by atoms with Crippen LogP contribution in [0, 0.1) is 5.82 Å². The van der Waals surface area contributed by atoms with Crippen LogP contribution in [-0.4, -0.2) is 29.9 Å². The minimum atomic E-state index is -1.59. The first-order valence-corrected chi connectivity index (χ1v) is 6.66. The van der Waals surface area contributed by atoms with Crippen molar-refractivity contribution in [2.75, 3.05) is 6.61 Å². The molecule has 2 aromatic carbocycles. The lowest BCUT2D eigenvalue weighted by molar-refractivity contribution is 0.149. The Balaban J connectivity index is 1.65. The van der Waals surface area contributed by atoms with Gasteiger partial charge in [-0.25, -0.2) is 4.39 Å². The molecule has 3 rings (SSSR count). The molecule has 0 aliphatic carbocycles. The van der Waals surface area contributed by atoms with Gasteiger partial charge >= 0.3 is 7.12 Å². The van der Waals surface area contributed by atoms with Gasteiger partial charge in [0.1, 0.15) is 30.0 Å². The zero-order valence-electron chi connectivity index (χ0n) is 11.2. The summed E-state index contributed by atoms with van der Waals surface area (Å²) in [7, 11) is -1.59. The normalized spacial score (nSPS) is 16.2. The van der Waals surface area contributed by atoms with Crippen molar-refractivity contribution in [3.05, 3.63) is 53.8 Å². The molecule has 2 N–H and O–H groups in total. The average Bonchev–Trinajstić information content (AvgIpc) is 2.87. The van der Waals surface area contributed by atoms with E-state index in [1.165, 1.54) is 12.1 Å². The third-order valence-electron chi connectivity index (χ3n) is 3.39. The van der Waals surface area contributed by atoms with Crippen molar-refractivity contribution in [1.82, 2.24) is 0 Å². The van der Waals surface area contributed by atoms with Gasteiger partial charge in [-0.3, -0.25) is 0 Å². The second-order valence-corrected chi connectivity index (χ2v) is 4.92. The fourth-order valence-electron chi connectivity index (χ4n) is 2.39. The fraction of sp³-hybridized carbons (Fsp3) is 0.200. The molecule has 0 saturated heterocycles. The third kappa shape index (κ3) is 3.01. The van der Waals surface area contributed by atoms with E-state index in [4.69, 9.17) is 9.47 Å². The SMILES string of the molecule is OB(O)c1ccccc1OCC1Cc2cc(F)ccc2O1. The van der Waals surface area contributed by atoms with E-state index < -0.39 is 7.12 Å². The number of fused-ring (bicyclic) bond motifs is 1. The molecule has 1 atom stereocenters. The first kappa shape index (κ1) is 13.9. The molecule has 6 heteroatoms. The lowest BCUT2D eigenvalue weighted by Crippen LogP contribution is -2.33. The monoisotopic (exact) mass is 288 g/mol. The molecule has 0 fully saturated rings. The molecule has 0 bridgehead atoms.